The zero-order chi connectivity index (χ0) is 23.0. The topological polar surface area (TPSA) is 62.1 Å². The lowest BCUT2D eigenvalue weighted by Crippen LogP contribution is -2.16. The van der Waals surface area contributed by atoms with Gasteiger partial charge in [0, 0.05) is 24.7 Å². The minimum atomic E-state index is -0.405. The zero-order valence-electron chi connectivity index (χ0n) is 18.5. The van der Waals surface area contributed by atoms with Gasteiger partial charge in [-0.15, -0.1) is 21.5 Å². The van der Waals surface area contributed by atoms with E-state index in [1.165, 1.54) is 11.6 Å². The molecule has 0 saturated carbocycles. The van der Waals surface area contributed by atoms with Crippen LogP contribution in [-0.2, 0) is 23.5 Å². The van der Waals surface area contributed by atoms with Gasteiger partial charge in [0.25, 0.3) is 0 Å². The standard InChI is InChI=1S/C24H25FN4O2S2/c1-17(13-30-2)29-22(14-31-21-11-7-6-10-20(21)25)27-28-24(29)33-16-19-15-32-23(26-19)12-18-8-4-3-5-9-18/h3-11,15,17H,12-14,16H2,1-2H3. The Kier molecular flexibility index (Phi) is 8.09. The smallest absolute Gasteiger partial charge is 0.192 e. The predicted octanol–water partition coefficient (Wildman–Crippen LogP) is 5.54. The Morgan fingerprint density at radius 3 is 2.67 bits per heavy atom. The largest absolute Gasteiger partial charge is 0.483 e. The second-order valence-electron chi connectivity index (χ2n) is 7.48. The first-order chi connectivity index (χ1) is 16.1. The Labute approximate surface area is 200 Å². The van der Waals surface area contributed by atoms with E-state index in [1.807, 2.05) is 29.7 Å². The van der Waals surface area contributed by atoms with E-state index in [0.29, 0.717) is 18.2 Å². The average molecular weight is 485 g/mol. The molecule has 0 saturated heterocycles. The molecule has 0 spiro atoms. The van der Waals surface area contributed by atoms with E-state index < -0.39 is 5.82 Å². The summed E-state index contributed by atoms with van der Waals surface area (Å²) in [5.74, 6) is 1.08. The maximum absolute atomic E-state index is 13.9. The lowest BCUT2D eigenvalue weighted by molar-refractivity contribution is 0.154. The molecule has 0 N–H and O–H groups in total. The van der Waals surface area contributed by atoms with Gasteiger partial charge in [0.15, 0.2) is 22.5 Å². The fraction of sp³-hybridized carbons (Fsp3) is 0.292. The van der Waals surface area contributed by atoms with Crippen LogP contribution >= 0.6 is 23.1 Å². The Hall–Kier alpha value is -2.75. The van der Waals surface area contributed by atoms with E-state index in [1.54, 1.807) is 48.4 Å². The van der Waals surface area contributed by atoms with E-state index in [-0.39, 0.29) is 18.4 Å². The number of hydrogen-bond acceptors (Lipinski definition) is 7. The van der Waals surface area contributed by atoms with Gasteiger partial charge in [-0.1, -0.05) is 54.2 Å². The zero-order valence-corrected chi connectivity index (χ0v) is 20.1. The molecule has 33 heavy (non-hydrogen) atoms. The van der Waals surface area contributed by atoms with Crippen LogP contribution in [0.15, 0.2) is 65.1 Å². The Bertz CT molecular complexity index is 1170. The van der Waals surface area contributed by atoms with Crippen molar-refractivity contribution in [3.8, 4) is 5.75 Å². The van der Waals surface area contributed by atoms with Crippen molar-refractivity contribution >= 4 is 23.1 Å². The van der Waals surface area contributed by atoms with E-state index in [0.717, 1.165) is 22.3 Å². The summed E-state index contributed by atoms with van der Waals surface area (Å²) in [6.45, 7) is 2.64. The van der Waals surface area contributed by atoms with Crippen molar-refractivity contribution in [1.82, 2.24) is 19.7 Å². The van der Waals surface area contributed by atoms with Crippen LogP contribution < -0.4 is 4.74 Å². The Balaban J connectivity index is 1.44. The highest BCUT2D eigenvalue weighted by Crippen LogP contribution is 2.27. The molecule has 0 aliphatic rings. The van der Waals surface area contributed by atoms with Gasteiger partial charge in [0.1, 0.15) is 6.61 Å². The van der Waals surface area contributed by atoms with Crippen molar-refractivity contribution in [3.05, 3.63) is 87.9 Å². The van der Waals surface area contributed by atoms with E-state index >= 15 is 0 Å². The molecule has 2 heterocycles. The van der Waals surface area contributed by atoms with Crippen LogP contribution in [0.1, 0.15) is 35.1 Å². The quantitative estimate of drug-likeness (QED) is 0.260. The molecule has 9 heteroatoms. The fourth-order valence-electron chi connectivity index (χ4n) is 3.37. The van der Waals surface area contributed by atoms with Crippen LogP contribution in [0.5, 0.6) is 5.75 Å². The van der Waals surface area contributed by atoms with Gasteiger partial charge in [0.2, 0.25) is 0 Å². The van der Waals surface area contributed by atoms with Gasteiger partial charge in [-0.2, -0.15) is 0 Å². The average Bonchev–Trinajstić information content (AvgIpc) is 3.44. The van der Waals surface area contributed by atoms with Gasteiger partial charge in [-0.25, -0.2) is 9.37 Å². The number of methoxy groups -OCH3 is 1. The molecule has 2 aromatic heterocycles. The number of hydrogen-bond donors (Lipinski definition) is 0. The number of benzene rings is 2. The highest BCUT2D eigenvalue weighted by Gasteiger charge is 2.19. The van der Waals surface area contributed by atoms with Crippen LogP contribution in [-0.4, -0.2) is 33.5 Å². The molecule has 2 aromatic carbocycles. The summed E-state index contributed by atoms with van der Waals surface area (Å²) in [6, 6.07) is 16.7. The van der Waals surface area contributed by atoms with Crippen LogP contribution in [0.2, 0.25) is 0 Å². The van der Waals surface area contributed by atoms with Crippen molar-refractivity contribution in [1.29, 1.82) is 0 Å². The second-order valence-corrected chi connectivity index (χ2v) is 9.36. The number of aromatic nitrogens is 4. The fourth-order valence-corrected chi connectivity index (χ4v) is 5.25. The maximum Gasteiger partial charge on any atom is 0.192 e. The molecular weight excluding hydrogens is 459 g/mol. The van der Waals surface area contributed by atoms with Gasteiger partial charge in [-0.05, 0) is 24.6 Å². The molecule has 0 bridgehead atoms. The van der Waals surface area contributed by atoms with Crippen molar-refractivity contribution in [2.75, 3.05) is 13.7 Å². The summed E-state index contributed by atoms with van der Waals surface area (Å²) in [6.07, 6.45) is 0.828. The highest BCUT2D eigenvalue weighted by atomic mass is 32.2. The van der Waals surface area contributed by atoms with Crippen LogP contribution in [0.4, 0.5) is 4.39 Å². The van der Waals surface area contributed by atoms with E-state index in [4.69, 9.17) is 14.5 Å². The molecule has 1 atom stereocenters. The lowest BCUT2D eigenvalue weighted by atomic mass is 10.2. The number of ether oxygens (including phenoxy) is 2. The SMILES string of the molecule is COCC(C)n1c(COc2ccccc2F)nnc1SCc1csc(Cc2ccccc2)n1. The summed E-state index contributed by atoms with van der Waals surface area (Å²) in [7, 11) is 1.66. The van der Waals surface area contributed by atoms with Gasteiger partial charge in [-0.3, -0.25) is 4.57 Å². The first-order valence-electron chi connectivity index (χ1n) is 10.5. The molecule has 1 unspecified atom stereocenters. The molecule has 0 aliphatic carbocycles. The minimum Gasteiger partial charge on any atom is -0.483 e. The van der Waals surface area contributed by atoms with Crippen LogP contribution in [0.25, 0.3) is 0 Å². The van der Waals surface area contributed by atoms with Crippen molar-refractivity contribution in [3.63, 3.8) is 0 Å². The first kappa shape index (κ1) is 23.4. The molecular formula is C24H25FN4O2S2. The summed E-state index contributed by atoms with van der Waals surface area (Å²) in [5.41, 5.74) is 2.26. The van der Waals surface area contributed by atoms with Crippen molar-refractivity contribution in [2.24, 2.45) is 0 Å². The summed E-state index contributed by atoms with van der Waals surface area (Å²) >= 11 is 3.24. The third-order valence-corrected chi connectivity index (χ3v) is 6.80. The Morgan fingerprint density at radius 2 is 1.88 bits per heavy atom. The number of thiazole rings is 1. The number of thioether (sulfide) groups is 1. The molecule has 0 radical (unpaired) electrons. The number of halogens is 1. The third-order valence-electron chi connectivity index (χ3n) is 4.92. The summed E-state index contributed by atoms with van der Waals surface area (Å²) in [5, 5.41) is 12.6. The molecule has 0 amide bonds. The molecule has 0 fully saturated rings. The predicted molar refractivity (Wildman–Crippen MR) is 128 cm³/mol. The molecule has 0 aliphatic heterocycles. The number of para-hydroxylation sites is 1. The highest BCUT2D eigenvalue weighted by molar-refractivity contribution is 7.98. The van der Waals surface area contributed by atoms with Crippen molar-refractivity contribution in [2.45, 2.75) is 36.9 Å². The van der Waals surface area contributed by atoms with Gasteiger partial charge >= 0.3 is 0 Å². The third kappa shape index (κ3) is 6.19. The molecule has 6 nitrogen and oxygen atoms in total. The monoisotopic (exact) mass is 484 g/mol. The second kappa shape index (κ2) is 11.4. The van der Waals surface area contributed by atoms with E-state index in [9.17, 15) is 4.39 Å². The minimum absolute atomic E-state index is 0.00389. The van der Waals surface area contributed by atoms with Gasteiger partial charge < -0.3 is 9.47 Å². The summed E-state index contributed by atoms with van der Waals surface area (Å²) < 4.78 is 26.9. The van der Waals surface area contributed by atoms with Crippen molar-refractivity contribution < 1.29 is 13.9 Å². The molecule has 4 aromatic rings. The molecule has 4 rings (SSSR count). The first-order valence-corrected chi connectivity index (χ1v) is 12.4. The van der Waals surface area contributed by atoms with Crippen LogP contribution in [0, 0.1) is 5.82 Å². The normalized spacial score (nSPS) is 12.1. The number of nitrogens with zero attached hydrogens (tertiary/aromatic N) is 4. The van der Waals surface area contributed by atoms with Crippen LogP contribution in [0.3, 0.4) is 0 Å². The maximum atomic E-state index is 13.9. The number of rotatable bonds is 11. The molecule has 172 valence electrons. The lowest BCUT2D eigenvalue weighted by Gasteiger charge is -2.17. The van der Waals surface area contributed by atoms with E-state index in [2.05, 4.69) is 27.7 Å². The summed E-state index contributed by atoms with van der Waals surface area (Å²) in [4.78, 5) is 4.77. The van der Waals surface area contributed by atoms with Gasteiger partial charge in [0.05, 0.1) is 23.4 Å². The Morgan fingerprint density at radius 1 is 1.09 bits per heavy atom.